The number of aryl methyl sites for hydroxylation is 1. The number of hydrogen-bond donors (Lipinski definition) is 0. The van der Waals surface area contributed by atoms with Gasteiger partial charge in [-0.05, 0) is 38.9 Å². The van der Waals surface area contributed by atoms with E-state index in [1.807, 2.05) is 12.1 Å². The normalized spacial score (nSPS) is 21.2. The van der Waals surface area contributed by atoms with Crippen molar-refractivity contribution in [2.45, 2.75) is 39.2 Å². The molecule has 0 aliphatic carbocycles. The molecule has 0 radical (unpaired) electrons. The van der Waals surface area contributed by atoms with Crippen LogP contribution in [0.4, 0.5) is 0 Å². The summed E-state index contributed by atoms with van der Waals surface area (Å²) in [5.74, 6) is 0.245. The highest BCUT2D eigenvalue weighted by Gasteiger charge is 2.21. The van der Waals surface area contributed by atoms with E-state index in [1.54, 1.807) is 0 Å². The van der Waals surface area contributed by atoms with Gasteiger partial charge in [0, 0.05) is 24.7 Å². The molecule has 21 heavy (non-hydrogen) atoms. The average molecular weight is 288 g/mol. The van der Waals surface area contributed by atoms with Crippen LogP contribution in [0.25, 0.3) is 0 Å². The van der Waals surface area contributed by atoms with Crippen molar-refractivity contribution in [3.8, 4) is 0 Å². The lowest BCUT2D eigenvalue weighted by Gasteiger charge is -2.27. The highest BCUT2D eigenvalue weighted by atomic mass is 16.1. The molecular weight excluding hydrogens is 260 g/mol. The summed E-state index contributed by atoms with van der Waals surface area (Å²) < 4.78 is 0. The van der Waals surface area contributed by atoms with Gasteiger partial charge in [0.2, 0.25) is 0 Å². The maximum atomic E-state index is 12.5. The van der Waals surface area contributed by atoms with Crippen LogP contribution in [-0.4, -0.2) is 54.9 Å². The molecule has 0 amide bonds. The summed E-state index contributed by atoms with van der Waals surface area (Å²) in [5.41, 5.74) is 2.17. The maximum absolute atomic E-state index is 12.5. The maximum Gasteiger partial charge on any atom is 0.176 e. The van der Waals surface area contributed by atoms with Crippen LogP contribution in [0.2, 0.25) is 0 Å². The van der Waals surface area contributed by atoms with E-state index in [2.05, 4.69) is 42.8 Å². The molecule has 116 valence electrons. The number of ketones is 1. The van der Waals surface area contributed by atoms with Gasteiger partial charge >= 0.3 is 0 Å². The van der Waals surface area contributed by atoms with E-state index in [1.165, 1.54) is 5.56 Å². The van der Waals surface area contributed by atoms with Crippen LogP contribution in [0.15, 0.2) is 24.3 Å². The Bertz CT molecular complexity index is 455. The molecule has 1 unspecified atom stereocenters. The first-order valence-electron chi connectivity index (χ1n) is 8.15. The summed E-state index contributed by atoms with van der Waals surface area (Å²) in [6.07, 6.45) is 3.37. The van der Waals surface area contributed by atoms with Gasteiger partial charge in [0.15, 0.2) is 5.78 Å². The van der Waals surface area contributed by atoms with Crippen molar-refractivity contribution >= 4 is 5.78 Å². The highest BCUT2D eigenvalue weighted by Crippen LogP contribution is 2.12. The minimum atomic E-state index is 0.245. The Labute approximate surface area is 128 Å². The molecular formula is C18H28N2O. The molecule has 1 fully saturated rings. The van der Waals surface area contributed by atoms with Gasteiger partial charge in [-0.2, -0.15) is 0 Å². The summed E-state index contributed by atoms with van der Waals surface area (Å²) in [6, 6.07) is 8.61. The number of rotatable bonds is 5. The zero-order valence-corrected chi connectivity index (χ0v) is 13.6. The van der Waals surface area contributed by atoms with Gasteiger partial charge in [-0.1, -0.05) is 37.6 Å². The standard InChI is InChI=1S/C18H28N2O/c1-4-6-16-7-9-17(10-8-16)18(21)14-20-12-5-11-19(3)13-15(20)2/h7-10,15H,4-6,11-14H2,1-3H3. The van der Waals surface area contributed by atoms with E-state index >= 15 is 0 Å². The fraction of sp³-hybridized carbons (Fsp3) is 0.611. The van der Waals surface area contributed by atoms with Gasteiger partial charge in [-0.25, -0.2) is 0 Å². The van der Waals surface area contributed by atoms with Crippen LogP contribution in [0.1, 0.15) is 42.6 Å². The second-order valence-electron chi connectivity index (χ2n) is 6.31. The fourth-order valence-corrected chi connectivity index (χ4v) is 3.08. The van der Waals surface area contributed by atoms with Crippen LogP contribution in [0, 0.1) is 0 Å². The summed E-state index contributed by atoms with van der Waals surface area (Å²) in [5, 5.41) is 0. The first-order chi connectivity index (χ1) is 10.1. The van der Waals surface area contributed by atoms with Crippen LogP contribution in [-0.2, 0) is 6.42 Å². The third kappa shape index (κ3) is 4.65. The average Bonchev–Trinajstić information content (AvgIpc) is 2.61. The topological polar surface area (TPSA) is 23.6 Å². The van der Waals surface area contributed by atoms with Crippen LogP contribution in [0.3, 0.4) is 0 Å². The van der Waals surface area contributed by atoms with Crippen molar-refractivity contribution in [3.05, 3.63) is 35.4 Å². The number of Topliss-reactive ketones (excluding diaryl/α,β-unsaturated/α-hetero) is 1. The fourth-order valence-electron chi connectivity index (χ4n) is 3.08. The van der Waals surface area contributed by atoms with E-state index in [0.717, 1.165) is 44.5 Å². The predicted molar refractivity (Wildman–Crippen MR) is 87.9 cm³/mol. The van der Waals surface area contributed by atoms with Gasteiger partial charge in [0.05, 0.1) is 6.54 Å². The summed E-state index contributed by atoms with van der Waals surface area (Å²) in [7, 11) is 2.16. The Morgan fingerprint density at radius 2 is 1.95 bits per heavy atom. The molecule has 1 aliphatic heterocycles. The van der Waals surface area contributed by atoms with Gasteiger partial charge in [0.1, 0.15) is 0 Å². The number of likely N-dealkylation sites (N-methyl/N-ethyl adjacent to an activating group) is 1. The molecule has 1 atom stereocenters. The second kappa shape index (κ2) is 7.71. The third-order valence-corrected chi connectivity index (χ3v) is 4.35. The Morgan fingerprint density at radius 3 is 2.62 bits per heavy atom. The minimum absolute atomic E-state index is 0.245. The molecule has 1 aromatic rings. The Morgan fingerprint density at radius 1 is 1.24 bits per heavy atom. The molecule has 1 saturated heterocycles. The molecule has 0 bridgehead atoms. The molecule has 1 aromatic carbocycles. The lowest BCUT2D eigenvalue weighted by molar-refractivity contribution is 0.0900. The van der Waals surface area contributed by atoms with E-state index in [4.69, 9.17) is 0 Å². The first-order valence-corrected chi connectivity index (χ1v) is 8.15. The summed E-state index contributed by atoms with van der Waals surface area (Å²) in [6.45, 7) is 8.13. The van der Waals surface area contributed by atoms with Crippen molar-refractivity contribution in [2.75, 3.05) is 33.2 Å². The molecule has 2 rings (SSSR count). The predicted octanol–water partition coefficient (Wildman–Crippen LogP) is 2.85. The summed E-state index contributed by atoms with van der Waals surface area (Å²) in [4.78, 5) is 17.1. The number of carbonyl (C=O) groups excluding carboxylic acids is 1. The van der Waals surface area contributed by atoms with Crippen molar-refractivity contribution < 1.29 is 4.79 Å². The van der Waals surface area contributed by atoms with Crippen molar-refractivity contribution in [1.82, 2.24) is 9.80 Å². The zero-order chi connectivity index (χ0) is 15.2. The number of carbonyl (C=O) groups is 1. The molecule has 1 aliphatic rings. The number of benzene rings is 1. The molecule has 3 nitrogen and oxygen atoms in total. The molecule has 0 saturated carbocycles. The minimum Gasteiger partial charge on any atom is -0.305 e. The number of hydrogen-bond acceptors (Lipinski definition) is 3. The number of nitrogens with zero attached hydrogens (tertiary/aromatic N) is 2. The first kappa shape index (κ1) is 16.2. The second-order valence-corrected chi connectivity index (χ2v) is 6.31. The van der Waals surface area contributed by atoms with Crippen LogP contribution in [0.5, 0.6) is 0 Å². The molecule has 0 N–H and O–H groups in total. The van der Waals surface area contributed by atoms with Gasteiger partial charge in [-0.15, -0.1) is 0 Å². The van der Waals surface area contributed by atoms with E-state index < -0.39 is 0 Å². The third-order valence-electron chi connectivity index (χ3n) is 4.35. The smallest absolute Gasteiger partial charge is 0.176 e. The van der Waals surface area contributed by atoms with Crippen molar-refractivity contribution in [2.24, 2.45) is 0 Å². The van der Waals surface area contributed by atoms with E-state index in [0.29, 0.717) is 12.6 Å². The van der Waals surface area contributed by atoms with Crippen molar-refractivity contribution in [3.63, 3.8) is 0 Å². The molecule has 1 heterocycles. The Hall–Kier alpha value is -1.19. The van der Waals surface area contributed by atoms with Crippen LogP contribution >= 0.6 is 0 Å². The Balaban J connectivity index is 1.96. The monoisotopic (exact) mass is 288 g/mol. The Kier molecular flexibility index (Phi) is 5.95. The largest absolute Gasteiger partial charge is 0.305 e. The van der Waals surface area contributed by atoms with Crippen LogP contribution < -0.4 is 0 Å². The lowest BCUT2D eigenvalue weighted by Crippen LogP contribution is -2.40. The SMILES string of the molecule is CCCc1ccc(C(=O)CN2CCCN(C)CC2C)cc1. The zero-order valence-electron chi connectivity index (χ0n) is 13.6. The van der Waals surface area contributed by atoms with Gasteiger partial charge in [0.25, 0.3) is 0 Å². The van der Waals surface area contributed by atoms with Crippen molar-refractivity contribution in [1.29, 1.82) is 0 Å². The summed E-state index contributed by atoms with van der Waals surface area (Å²) >= 11 is 0. The molecule has 3 heteroatoms. The highest BCUT2D eigenvalue weighted by molar-refractivity contribution is 5.97. The van der Waals surface area contributed by atoms with Gasteiger partial charge in [-0.3, -0.25) is 9.69 Å². The molecule has 0 aromatic heterocycles. The quantitative estimate of drug-likeness (QED) is 0.778. The van der Waals surface area contributed by atoms with Gasteiger partial charge < -0.3 is 4.90 Å². The lowest BCUT2D eigenvalue weighted by atomic mass is 10.0. The van der Waals surface area contributed by atoms with E-state index in [9.17, 15) is 4.79 Å². The molecule has 0 spiro atoms. The van der Waals surface area contributed by atoms with E-state index in [-0.39, 0.29) is 5.78 Å².